The summed E-state index contributed by atoms with van der Waals surface area (Å²) in [7, 11) is 0. The third-order valence-electron chi connectivity index (χ3n) is 3.16. The maximum absolute atomic E-state index is 11.8. The van der Waals surface area contributed by atoms with Crippen LogP contribution in [0.1, 0.15) is 23.7 Å². The van der Waals surface area contributed by atoms with Gasteiger partial charge in [0.05, 0.1) is 12.3 Å². The van der Waals surface area contributed by atoms with Crippen LogP contribution in [0.5, 0.6) is 0 Å². The van der Waals surface area contributed by atoms with Gasteiger partial charge in [0.1, 0.15) is 0 Å². The largest absolute Gasteiger partial charge is 0.386 e. The first-order chi connectivity index (χ1) is 10.5. The van der Waals surface area contributed by atoms with E-state index in [1.54, 1.807) is 29.1 Å². The second kappa shape index (κ2) is 7.63. The van der Waals surface area contributed by atoms with Gasteiger partial charge in [-0.1, -0.05) is 29.3 Å². The van der Waals surface area contributed by atoms with Crippen molar-refractivity contribution in [1.29, 1.82) is 0 Å². The van der Waals surface area contributed by atoms with Crippen molar-refractivity contribution < 1.29 is 9.90 Å². The van der Waals surface area contributed by atoms with Crippen LogP contribution in [0.15, 0.2) is 30.6 Å². The smallest absolute Gasteiger partial charge is 0.221 e. The van der Waals surface area contributed by atoms with E-state index in [2.05, 4.69) is 10.4 Å². The molecule has 1 amide bonds. The Morgan fingerprint density at radius 3 is 2.68 bits per heavy atom. The number of aromatic nitrogens is 2. The quantitative estimate of drug-likeness (QED) is 0.848. The molecular weight excluding hydrogens is 325 g/mol. The lowest BCUT2D eigenvalue weighted by Crippen LogP contribution is -2.29. The topological polar surface area (TPSA) is 67.2 Å². The Hall–Kier alpha value is -1.56. The predicted molar refractivity (Wildman–Crippen MR) is 86.0 cm³/mol. The first-order valence-corrected chi connectivity index (χ1v) is 7.60. The number of hydrogen-bond acceptors (Lipinski definition) is 3. The molecule has 0 saturated carbocycles. The van der Waals surface area contributed by atoms with E-state index in [0.29, 0.717) is 22.2 Å². The molecule has 1 heterocycles. The third-order valence-corrected chi connectivity index (χ3v) is 3.81. The van der Waals surface area contributed by atoms with Crippen LogP contribution in [-0.4, -0.2) is 27.3 Å². The second-order valence-corrected chi connectivity index (χ2v) is 5.80. The standard InChI is InChI=1S/C15H17Cl2N3O2/c1-10-7-19-20(9-10)6-5-14(22)18-8-13(21)15-11(16)3-2-4-12(15)17/h2-4,7,9,13,21H,5-6,8H2,1H3,(H,18,22)/t13-/m1/s1. The van der Waals surface area contributed by atoms with Crippen molar-refractivity contribution in [3.63, 3.8) is 0 Å². The molecule has 1 aromatic heterocycles. The minimum absolute atomic E-state index is 0.0560. The molecule has 0 aliphatic carbocycles. The highest BCUT2D eigenvalue weighted by molar-refractivity contribution is 6.36. The molecule has 1 aromatic carbocycles. The van der Waals surface area contributed by atoms with Crippen molar-refractivity contribution in [2.45, 2.75) is 26.0 Å². The Bertz CT molecular complexity index is 638. The molecule has 22 heavy (non-hydrogen) atoms. The van der Waals surface area contributed by atoms with Gasteiger partial charge in [0.15, 0.2) is 0 Å². The molecule has 0 bridgehead atoms. The molecule has 0 radical (unpaired) electrons. The van der Waals surface area contributed by atoms with Crippen LogP contribution >= 0.6 is 23.2 Å². The number of halogens is 2. The fourth-order valence-corrected chi connectivity index (χ4v) is 2.68. The molecule has 1 atom stereocenters. The van der Waals surface area contributed by atoms with Crippen molar-refractivity contribution >= 4 is 29.1 Å². The van der Waals surface area contributed by atoms with Gasteiger partial charge >= 0.3 is 0 Å². The van der Waals surface area contributed by atoms with Gasteiger partial charge in [0.25, 0.3) is 0 Å². The number of nitrogens with zero attached hydrogens (tertiary/aromatic N) is 2. The summed E-state index contributed by atoms with van der Waals surface area (Å²) in [5, 5.41) is 17.6. The van der Waals surface area contributed by atoms with E-state index >= 15 is 0 Å². The number of amides is 1. The van der Waals surface area contributed by atoms with Gasteiger partial charge in [-0.05, 0) is 24.6 Å². The van der Waals surface area contributed by atoms with E-state index in [0.717, 1.165) is 5.56 Å². The summed E-state index contributed by atoms with van der Waals surface area (Å²) in [6.07, 6.45) is 2.94. The van der Waals surface area contributed by atoms with E-state index in [-0.39, 0.29) is 18.9 Å². The molecule has 0 aliphatic rings. The summed E-state index contributed by atoms with van der Waals surface area (Å²) in [6.45, 7) is 2.48. The fraction of sp³-hybridized carbons (Fsp3) is 0.333. The van der Waals surface area contributed by atoms with E-state index in [1.165, 1.54) is 0 Å². The van der Waals surface area contributed by atoms with Crippen LogP contribution in [0.4, 0.5) is 0 Å². The first kappa shape index (κ1) is 16.8. The average Bonchev–Trinajstić information content (AvgIpc) is 2.88. The Kier molecular flexibility index (Phi) is 5.83. The molecule has 2 aromatic rings. The molecule has 2 N–H and O–H groups in total. The molecule has 0 unspecified atom stereocenters. The molecule has 118 valence electrons. The molecule has 7 heteroatoms. The van der Waals surface area contributed by atoms with Crippen LogP contribution < -0.4 is 5.32 Å². The normalized spacial score (nSPS) is 12.2. The summed E-state index contributed by atoms with van der Waals surface area (Å²) in [6, 6.07) is 4.99. The number of aliphatic hydroxyl groups is 1. The van der Waals surface area contributed by atoms with Crippen LogP contribution in [0.25, 0.3) is 0 Å². The summed E-state index contributed by atoms with van der Waals surface area (Å²) >= 11 is 12.0. The van der Waals surface area contributed by atoms with E-state index in [9.17, 15) is 9.90 Å². The van der Waals surface area contributed by atoms with Gasteiger partial charge in [-0.15, -0.1) is 0 Å². The van der Waals surface area contributed by atoms with Crippen molar-refractivity contribution in [1.82, 2.24) is 15.1 Å². The van der Waals surface area contributed by atoms with Gasteiger partial charge in [-0.25, -0.2) is 0 Å². The van der Waals surface area contributed by atoms with Crippen molar-refractivity contribution in [3.8, 4) is 0 Å². The van der Waals surface area contributed by atoms with Crippen LogP contribution in [0, 0.1) is 6.92 Å². The molecule has 2 rings (SSSR count). The Morgan fingerprint density at radius 2 is 2.09 bits per heavy atom. The monoisotopic (exact) mass is 341 g/mol. The van der Waals surface area contributed by atoms with Gasteiger partial charge in [-0.2, -0.15) is 5.10 Å². The number of hydrogen-bond donors (Lipinski definition) is 2. The molecule has 0 saturated heterocycles. The Balaban J connectivity index is 1.83. The number of carbonyl (C=O) groups is 1. The van der Waals surface area contributed by atoms with Crippen LogP contribution in [-0.2, 0) is 11.3 Å². The summed E-state index contributed by atoms with van der Waals surface area (Å²) < 4.78 is 1.70. The third kappa shape index (κ3) is 4.47. The van der Waals surface area contributed by atoms with Crippen LogP contribution in [0.2, 0.25) is 10.0 Å². The Labute approximate surface area is 138 Å². The summed E-state index contributed by atoms with van der Waals surface area (Å²) in [4.78, 5) is 11.8. The number of aliphatic hydroxyl groups excluding tert-OH is 1. The summed E-state index contributed by atoms with van der Waals surface area (Å²) in [5.74, 6) is -0.171. The van der Waals surface area contributed by atoms with E-state index in [4.69, 9.17) is 23.2 Å². The van der Waals surface area contributed by atoms with Crippen molar-refractivity contribution in [2.75, 3.05) is 6.54 Å². The highest BCUT2D eigenvalue weighted by Gasteiger charge is 2.16. The SMILES string of the molecule is Cc1cnn(CCC(=O)NC[C@@H](O)c2c(Cl)cccc2Cl)c1. The maximum atomic E-state index is 11.8. The highest BCUT2D eigenvalue weighted by atomic mass is 35.5. The summed E-state index contributed by atoms with van der Waals surface area (Å²) in [5.41, 5.74) is 1.47. The lowest BCUT2D eigenvalue weighted by molar-refractivity contribution is -0.121. The highest BCUT2D eigenvalue weighted by Crippen LogP contribution is 2.29. The zero-order valence-electron chi connectivity index (χ0n) is 12.1. The fourth-order valence-electron chi connectivity index (χ4n) is 2.04. The second-order valence-electron chi connectivity index (χ2n) is 4.99. The molecule has 5 nitrogen and oxygen atoms in total. The zero-order valence-corrected chi connectivity index (χ0v) is 13.6. The van der Waals surface area contributed by atoms with Crippen LogP contribution in [0.3, 0.4) is 0 Å². The van der Waals surface area contributed by atoms with Gasteiger partial charge in [-0.3, -0.25) is 9.48 Å². The van der Waals surface area contributed by atoms with Gasteiger partial charge in [0.2, 0.25) is 5.91 Å². The van der Waals surface area contributed by atoms with Gasteiger partial charge < -0.3 is 10.4 Å². The number of rotatable bonds is 6. The number of benzene rings is 1. The predicted octanol–water partition coefficient (Wildman–Crippen LogP) is 2.74. The number of aryl methyl sites for hydroxylation is 2. The lowest BCUT2D eigenvalue weighted by Gasteiger charge is -2.15. The molecule has 0 aliphatic heterocycles. The average molecular weight is 342 g/mol. The molecular formula is C15H17Cl2N3O2. The van der Waals surface area contributed by atoms with E-state index in [1.807, 2.05) is 13.1 Å². The van der Waals surface area contributed by atoms with Gasteiger partial charge in [0, 0.05) is 41.3 Å². The minimum atomic E-state index is -0.947. The van der Waals surface area contributed by atoms with Crippen molar-refractivity contribution in [2.24, 2.45) is 0 Å². The minimum Gasteiger partial charge on any atom is -0.386 e. The van der Waals surface area contributed by atoms with E-state index < -0.39 is 6.10 Å². The molecule has 0 fully saturated rings. The Morgan fingerprint density at radius 1 is 1.41 bits per heavy atom. The van der Waals surface area contributed by atoms with Crippen molar-refractivity contribution in [3.05, 3.63) is 51.8 Å². The zero-order chi connectivity index (χ0) is 16.1. The maximum Gasteiger partial charge on any atom is 0.221 e. The first-order valence-electron chi connectivity index (χ1n) is 6.85. The lowest BCUT2D eigenvalue weighted by atomic mass is 10.1. The number of nitrogens with one attached hydrogen (secondary N) is 1. The molecule has 0 spiro atoms. The number of carbonyl (C=O) groups excluding carboxylic acids is 1.